The average Bonchev–Trinajstić information content (AvgIpc) is 3.15. The van der Waals surface area contributed by atoms with Crippen molar-refractivity contribution in [1.29, 1.82) is 0 Å². The highest BCUT2D eigenvalue weighted by Crippen LogP contribution is 2.39. The van der Waals surface area contributed by atoms with Crippen molar-refractivity contribution in [2.75, 3.05) is 26.2 Å². The summed E-state index contributed by atoms with van der Waals surface area (Å²) in [7, 11) is 0. The lowest BCUT2D eigenvalue weighted by Gasteiger charge is -2.27. The molecular weight excluding hydrogens is 436 g/mol. The van der Waals surface area contributed by atoms with Gasteiger partial charge in [-0.15, -0.1) is 0 Å². The van der Waals surface area contributed by atoms with Crippen molar-refractivity contribution in [2.45, 2.75) is 65.3 Å². The number of benzene rings is 2. The number of carbonyl (C=O) groups excluding carboxylic acids is 2. The topological polar surface area (TPSA) is 60.9 Å². The van der Waals surface area contributed by atoms with E-state index in [4.69, 9.17) is 0 Å². The molecule has 0 bridgehead atoms. The Kier molecular flexibility index (Phi) is 10.1. The van der Waals surface area contributed by atoms with Crippen LogP contribution in [0.1, 0.15) is 75.6 Å². The number of Topliss-reactive ketones (excluding diaryl/α,β-unsaturated/α-hetero) is 1. The maximum absolute atomic E-state index is 13.2. The summed E-state index contributed by atoms with van der Waals surface area (Å²) in [6, 6.07) is 16.5. The summed E-state index contributed by atoms with van der Waals surface area (Å²) in [5.74, 6) is -1.24. The third-order valence-corrected chi connectivity index (χ3v) is 6.82. The molecule has 188 valence electrons. The monoisotopic (exact) mass is 476 g/mol. The molecule has 2 aromatic carbocycles. The molecule has 3 rings (SSSR count). The van der Waals surface area contributed by atoms with Gasteiger partial charge in [-0.25, -0.2) is 0 Å². The third kappa shape index (κ3) is 6.61. The van der Waals surface area contributed by atoms with Crippen molar-refractivity contribution in [3.05, 3.63) is 76.9 Å². The van der Waals surface area contributed by atoms with Gasteiger partial charge in [0.2, 0.25) is 0 Å². The maximum Gasteiger partial charge on any atom is 0.295 e. The Labute approximate surface area is 210 Å². The molecular formula is C30H40N2O3. The van der Waals surface area contributed by atoms with E-state index in [2.05, 4.69) is 25.7 Å². The number of ketones is 1. The number of nitrogens with zero attached hydrogens (tertiary/aromatic N) is 2. The minimum atomic E-state index is -0.607. The minimum absolute atomic E-state index is 0.108. The summed E-state index contributed by atoms with van der Waals surface area (Å²) in [6.07, 6.45) is 6.34. The fraction of sp³-hybridized carbons (Fsp3) is 0.467. The number of aryl methyl sites for hydroxylation is 1. The standard InChI is InChI=1S/C30H40N2O3/c1-4-7-19-31(20-8-5-2)21-12-22-32-27(24-17-15-23(6-3)16-18-24)26(29(34)30(32)35)28(33)25-13-10-9-11-14-25/h9-11,13-18,27,33H,4-8,12,19-22H2,1-3H3/t27-/m1/s1. The molecule has 0 radical (unpaired) electrons. The lowest BCUT2D eigenvalue weighted by Crippen LogP contribution is -2.34. The van der Waals surface area contributed by atoms with Gasteiger partial charge in [0.05, 0.1) is 11.6 Å². The molecule has 0 saturated carbocycles. The minimum Gasteiger partial charge on any atom is -0.507 e. The van der Waals surface area contributed by atoms with Crippen LogP contribution >= 0.6 is 0 Å². The predicted octanol–water partition coefficient (Wildman–Crippen LogP) is 5.96. The first kappa shape index (κ1) is 26.7. The van der Waals surface area contributed by atoms with E-state index in [1.807, 2.05) is 42.5 Å². The molecule has 1 atom stereocenters. The Morgan fingerprint density at radius 3 is 2.03 bits per heavy atom. The predicted molar refractivity (Wildman–Crippen MR) is 142 cm³/mol. The van der Waals surface area contributed by atoms with Crippen LogP contribution in [0, 0.1) is 0 Å². The summed E-state index contributed by atoms with van der Waals surface area (Å²) in [6.45, 7) is 9.99. The van der Waals surface area contributed by atoms with E-state index in [-0.39, 0.29) is 11.3 Å². The molecule has 0 unspecified atom stereocenters. The first-order chi connectivity index (χ1) is 17.0. The molecule has 0 aromatic heterocycles. The smallest absolute Gasteiger partial charge is 0.295 e. The molecule has 5 heteroatoms. The molecule has 1 heterocycles. The summed E-state index contributed by atoms with van der Waals surface area (Å²) < 4.78 is 0. The van der Waals surface area contributed by atoms with Gasteiger partial charge in [0.25, 0.3) is 11.7 Å². The van der Waals surface area contributed by atoms with Gasteiger partial charge >= 0.3 is 0 Å². The highest BCUT2D eigenvalue weighted by Gasteiger charge is 2.45. The maximum atomic E-state index is 13.2. The van der Waals surface area contributed by atoms with E-state index in [0.29, 0.717) is 12.1 Å². The van der Waals surface area contributed by atoms with Crippen LogP contribution in [0.5, 0.6) is 0 Å². The van der Waals surface area contributed by atoms with E-state index >= 15 is 0 Å². The van der Waals surface area contributed by atoms with E-state index in [1.54, 1.807) is 17.0 Å². The van der Waals surface area contributed by atoms with Crippen molar-refractivity contribution in [1.82, 2.24) is 9.80 Å². The molecule has 0 spiro atoms. The number of hydrogen-bond acceptors (Lipinski definition) is 4. The fourth-order valence-electron chi connectivity index (χ4n) is 4.71. The average molecular weight is 477 g/mol. The van der Waals surface area contributed by atoms with Crippen LogP contribution < -0.4 is 0 Å². The van der Waals surface area contributed by atoms with E-state index in [0.717, 1.165) is 63.7 Å². The zero-order valence-corrected chi connectivity index (χ0v) is 21.5. The van der Waals surface area contributed by atoms with Crippen LogP contribution in [0.2, 0.25) is 0 Å². The van der Waals surface area contributed by atoms with Gasteiger partial charge in [-0.1, -0.05) is 88.2 Å². The van der Waals surface area contributed by atoms with Crippen LogP contribution in [0.15, 0.2) is 60.2 Å². The van der Waals surface area contributed by atoms with Gasteiger partial charge in [0.15, 0.2) is 0 Å². The van der Waals surface area contributed by atoms with Crippen molar-refractivity contribution in [2.24, 2.45) is 0 Å². The normalized spacial score (nSPS) is 17.5. The van der Waals surface area contributed by atoms with Gasteiger partial charge < -0.3 is 14.9 Å². The van der Waals surface area contributed by atoms with E-state index in [1.165, 1.54) is 5.56 Å². The van der Waals surface area contributed by atoms with Crippen LogP contribution in [-0.4, -0.2) is 52.8 Å². The zero-order chi connectivity index (χ0) is 25.2. The zero-order valence-electron chi connectivity index (χ0n) is 21.5. The fourth-order valence-corrected chi connectivity index (χ4v) is 4.71. The second-order valence-electron chi connectivity index (χ2n) is 9.36. The van der Waals surface area contributed by atoms with E-state index < -0.39 is 17.7 Å². The summed E-state index contributed by atoms with van der Waals surface area (Å²) in [5.41, 5.74) is 2.77. The second-order valence-corrected chi connectivity index (χ2v) is 9.36. The van der Waals surface area contributed by atoms with Crippen LogP contribution in [-0.2, 0) is 16.0 Å². The molecule has 1 aliphatic rings. The summed E-state index contributed by atoms with van der Waals surface area (Å²) in [4.78, 5) is 30.5. The van der Waals surface area contributed by atoms with Crippen molar-refractivity contribution < 1.29 is 14.7 Å². The van der Waals surface area contributed by atoms with Crippen LogP contribution in [0.3, 0.4) is 0 Å². The van der Waals surface area contributed by atoms with Crippen molar-refractivity contribution >= 4 is 17.4 Å². The first-order valence-electron chi connectivity index (χ1n) is 13.2. The molecule has 1 aliphatic heterocycles. The highest BCUT2D eigenvalue weighted by molar-refractivity contribution is 6.46. The Morgan fingerprint density at radius 2 is 1.46 bits per heavy atom. The number of likely N-dealkylation sites (tertiary alicyclic amines) is 1. The Balaban J connectivity index is 1.89. The molecule has 0 aliphatic carbocycles. The van der Waals surface area contributed by atoms with Gasteiger partial charge in [0.1, 0.15) is 5.76 Å². The quantitative estimate of drug-likeness (QED) is 0.220. The van der Waals surface area contributed by atoms with Crippen LogP contribution in [0.25, 0.3) is 5.76 Å². The van der Waals surface area contributed by atoms with Gasteiger partial charge in [-0.05, 0) is 56.4 Å². The number of hydrogen-bond donors (Lipinski definition) is 1. The highest BCUT2D eigenvalue weighted by atomic mass is 16.3. The first-order valence-corrected chi connectivity index (χ1v) is 13.2. The SMILES string of the molecule is CCCCN(CCCC)CCCN1C(=O)C(=O)C(=C(O)c2ccccc2)[C@H]1c1ccc(CC)cc1. The van der Waals surface area contributed by atoms with Crippen LogP contribution in [0.4, 0.5) is 0 Å². The lowest BCUT2D eigenvalue weighted by atomic mass is 9.94. The second kappa shape index (κ2) is 13.2. The molecule has 1 saturated heterocycles. The third-order valence-electron chi connectivity index (χ3n) is 6.82. The van der Waals surface area contributed by atoms with Crippen molar-refractivity contribution in [3.63, 3.8) is 0 Å². The number of aliphatic hydroxyl groups is 1. The molecule has 5 nitrogen and oxygen atoms in total. The molecule has 1 N–H and O–H groups in total. The Morgan fingerprint density at radius 1 is 0.857 bits per heavy atom. The summed E-state index contributed by atoms with van der Waals surface area (Å²) >= 11 is 0. The van der Waals surface area contributed by atoms with Gasteiger partial charge in [-0.3, -0.25) is 9.59 Å². The van der Waals surface area contributed by atoms with E-state index in [9.17, 15) is 14.7 Å². The number of amides is 1. The summed E-state index contributed by atoms with van der Waals surface area (Å²) in [5, 5.41) is 11.1. The lowest BCUT2D eigenvalue weighted by molar-refractivity contribution is -0.140. The number of carbonyl (C=O) groups is 2. The molecule has 1 amide bonds. The van der Waals surface area contributed by atoms with Gasteiger partial charge in [-0.2, -0.15) is 0 Å². The Bertz CT molecular complexity index is 990. The number of unbranched alkanes of at least 4 members (excludes halogenated alkanes) is 2. The molecule has 2 aromatic rings. The largest absolute Gasteiger partial charge is 0.507 e. The number of rotatable bonds is 13. The molecule has 1 fully saturated rings. The van der Waals surface area contributed by atoms with Gasteiger partial charge in [0, 0.05) is 12.1 Å². The van der Waals surface area contributed by atoms with Crippen molar-refractivity contribution in [3.8, 4) is 0 Å². The Hall–Kier alpha value is -2.92. The number of aliphatic hydroxyl groups excluding tert-OH is 1. The molecule has 35 heavy (non-hydrogen) atoms.